The van der Waals surface area contributed by atoms with E-state index >= 15 is 0 Å². The third-order valence-corrected chi connectivity index (χ3v) is 6.26. The van der Waals surface area contributed by atoms with Crippen molar-refractivity contribution in [2.45, 2.75) is 53.0 Å². The fourth-order valence-corrected chi connectivity index (χ4v) is 4.44. The molecule has 5 nitrogen and oxygen atoms in total. The van der Waals surface area contributed by atoms with E-state index in [0.29, 0.717) is 13.2 Å². The Bertz CT molecular complexity index is 1290. The number of hydrogen-bond donors (Lipinski definition) is 1. The van der Waals surface area contributed by atoms with Crippen LogP contribution in [0, 0.1) is 20.8 Å². The summed E-state index contributed by atoms with van der Waals surface area (Å²) < 4.78 is 8.24. The number of nitrogens with one attached hydrogen (secondary N) is 1. The zero-order chi connectivity index (χ0) is 24.6. The van der Waals surface area contributed by atoms with Crippen LogP contribution in [0.25, 0.3) is 11.0 Å². The maximum atomic E-state index is 12.6. The van der Waals surface area contributed by atoms with E-state index < -0.39 is 0 Å². The van der Waals surface area contributed by atoms with Crippen molar-refractivity contribution in [3.63, 3.8) is 0 Å². The maximum absolute atomic E-state index is 12.6. The Balaban J connectivity index is 1.30. The summed E-state index contributed by atoms with van der Waals surface area (Å²) in [5.74, 6) is 2.00. The van der Waals surface area contributed by atoms with E-state index in [1.54, 1.807) is 0 Å². The Labute approximate surface area is 208 Å². The second-order valence-electron chi connectivity index (χ2n) is 9.22. The molecule has 5 heteroatoms. The molecular formula is C30H35N3O2. The van der Waals surface area contributed by atoms with Gasteiger partial charge in [-0.1, -0.05) is 42.0 Å². The average Bonchev–Trinajstić information content (AvgIpc) is 3.19. The molecular weight excluding hydrogens is 434 g/mol. The van der Waals surface area contributed by atoms with E-state index in [-0.39, 0.29) is 5.91 Å². The normalized spacial score (nSPS) is 11.1. The molecule has 0 aliphatic rings. The highest BCUT2D eigenvalue weighted by molar-refractivity contribution is 5.95. The third kappa shape index (κ3) is 6.50. The first-order chi connectivity index (χ1) is 17.0. The number of rotatable bonds is 11. The predicted molar refractivity (Wildman–Crippen MR) is 142 cm³/mol. The van der Waals surface area contributed by atoms with Gasteiger partial charge in [0, 0.05) is 25.1 Å². The fraction of sp³-hybridized carbons (Fsp3) is 0.333. The number of unbranched alkanes of at least 4 members (excludes halogenated alkanes) is 1. The number of imidazole rings is 1. The number of carbonyl (C=O) groups is 1. The lowest BCUT2D eigenvalue weighted by atomic mass is 10.1. The van der Waals surface area contributed by atoms with Crippen LogP contribution in [0.2, 0.25) is 0 Å². The first-order valence-electron chi connectivity index (χ1n) is 12.5. The molecule has 1 amide bonds. The number of hydrogen-bond acceptors (Lipinski definition) is 3. The standard InChI is InChI=1S/C30H35N3O2/c1-22-10-8-11-25(21-22)35-19-7-6-18-33-28-13-5-4-12-27(28)32-29(33)14-9-17-31-30(34)26-16-15-23(2)20-24(26)3/h4-5,8,10-13,15-16,20-21H,6-7,9,14,17-19H2,1-3H3,(H,31,34). The van der Waals surface area contributed by atoms with Gasteiger partial charge in [-0.2, -0.15) is 0 Å². The quantitative estimate of drug-likeness (QED) is 0.267. The monoisotopic (exact) mass is 469 g/mol. The number of aryl methyl sites for hydroxylation is 5. The van der Waals surface area contributed by atoms with Crippen LogP contribution < -0.4 is 10.1 Å². The number of carbonyl (C=O) groups excluding carboxylic acids is 1. The topological polar surface area (TPSA) is 56.1 Å². The summed E-state index contributed by atoms with van der Waals surface area (Å²) in [5, 5.41) is 3.07. The van der Waals surface area contributed by atoms with Gasteiger partial charge in [-0.3, -0.25) is 4.79 Å². The van der Waals surface area contributed by atoms with Crippen molar-refractivity contribution in [1.82, 2.24) is 14.9 Å². The highest BCUT2D eigenvalue weighted by Crippen LogP contribution is 2.19. The Kier molecular flexibility index (Phi) is 8.19. The van der Waals surface area contributed by atoms with Crippen LogP contribution in [0.1, 0.15) is 52.1 Å². The molecule has 4 rings (SSSR count). The van der Waals surface area contributed by atoms with E-state index in [4.69, 9.17) is 9.72 Å². The molecule has 0 spiro atoms. The largest absolute Gasteiger partial charge is 0.494 e. The summed E-state index contributed by atoms with van der Waals surface area (Å²) in [4.78, 5) is 17.5. The molecule has 0 radical (unpaired) electrons. The van der Waals surface area contributed by atoms with Gasteiger partial charge in [-0.15, -0.1) is 0 Å². The van der Waals surface area contributed by atoms with E-state index in [2.05, 4.69) is 47.1 Å². The summed E-state index contributed by atoms with van der Waals surface area (Å²) >= 11 is 0. The van der Waals surface area contributed by atoms with Gasteiger partial charge < -0.3 is 14.6 Å². The van der Waals surface area contributed by atoms with E-state index in [1.165, 1.54) is 16.6 Å². The van der Waals surface area contributed by atoms with Crippen LogP contribution in [-0.4, -0.2) is 28.6 Å². The first kappa shape index (κ1) is 24.5. The summed E-state index contributed by atoms with van der Waals surface area (Å²) in [6.45, 7) is 8.33. The van der Waals surface area contributed by atoms with Crippen LogP contribution in [-0.2, 0) is 13.0 Å². The van der Waals surface area contributed by atoms with Crippen molar-refractivity contribution < 1.29 is 9.53 Å². The molecule has 0 unspecified atom stereocenters. The molecule has 0 saturated carbocycles. The minimum atomic E-state index is -0.00962. The van der Waals surface area contributed by atoms with Crippen molar-refractivity contribution in [1.29, 1.82) is 0 Å². The Morgan fingerprint density at radius 3 is 2.57 bits per heavy atom. The first-order valence-corrected chi connectivity index (χ1v) is 12.5. The minimum absolute atomic E-state index is 0.00962. The maximum Gasteiger partial charge on any atom is 0.251 e. The lowest BCUT2D eigenvalue weighted by molar-refractivity contribution is 0.0952. The second kappa shape index (κ2) is 11.7. The zero-order valence-electron chi connectivity index (χ0n) is 21.0. The molecule has 1 aromatic heterocycles. The van der Waals surface area contributed by atoms with Gasteiger partial charge in [0.05, 0.1) is 17.6 Å². The lowest BCUT2D eigenvalue weighted by Gasteiger charge is -2.11. The molecule has 0 aliphatic heterocycles. The predicted octanol–water partition coefficient (Wildman–Crippen LogP) is 6.18. The lowest BCUT2D eigenvalue weighted by Crippen LogP contribution is -2.25. The number of para-hydroxylation sites is 2. The minimum Gasteiger partial charge on any atom is -0.494 e. The molecule has 0 bridgehead atoms. The fourth-order valence-electron chi connectivity index (χ4n) is 4.44. The molecule has 182 valence electrons. The molecule has 4 aromatic rings. The second-order valence-corrected chi connectivity index (χ2v) is 9.22. The van der Waals surface area contributed by atoms with Crippen LogP contribution in [0.5, 0.6) is 5.75 Å². The van der Waals surface area contributed by atoms with E-state index in [0.717, 1.165) is 60.4 Å². The number of aromatic nitrogens is 2. The van der Waals surface area contributed by atoms with Crippen LogP contribution >= 0.6 is 0 Å². The van der Waals surface area contributed by atoms with Crippen molar-refractivity contribution in [3.05, 3.63) is 94.8 Å². The van der Waals surface area contributed by atoms with Crippen LogP contribution in [0.3, 0.4) is 0 Å². The Morgan fingerprint density at radius 2 is 1.74 bits per heavy atom. The number of ether oxygens (including phenoxy) is 1. The summed E-state index contributed by atoms with van der Waals surface area (Å²) in [7, 11) is 0. The number of nitrogens with zero attached hydrogens (tertiary/aromatic N) is 2. The number of fused-ring (bicyclic) bond motifs is 1. The van der Waals surface area contributed by atoms with E-state index in [1.807, 2.05) is 50.2 Å². The van der Waals surface area contributed by atoms with Gasteiger partial charge >= 0.3 is 0 Å². The number of benzene rings is 3. The zero-order valence-corrected chi connectivity index (χ0v) is 21.0. The smallest absolute Gasteiger partial charge is 0.251 e. The highest BCUT2D eigenvalue weighted by atomic mass is 16.5. The Hall–Kier alpha value is -3.60. The molecule has 0 aliphatic carbocycles. The number of amides is 1. The van der Waals surface area contributed by atoms with Gasteiger partial charge in [0.15, 0.2) is 0 Å². The van der Waals surface area contributed by atoms with Gasteiger partial charge in [-0.05, 0) is 81.5 Å². The van der Waals surface area contributed by atoms with Crippen molar-refractivity contribution in [3.8, 4) is 5.75 Å². The summed E-state index contributed by atoms with van der Waals surface area (Å²) in [6.07, 6.45) is 3.66. The van der Waals surface area contributed by atoms with Crippen molar-refractivity contribution >= 4 is 16.9 Å². The summed E-state index contributed by atoms with van der Waals surface area (Å²) in [5.41, 5.74) is 6.33. The Morgan fingerprint density at radius 1 is 0.914 bits per heavy atom. The SMILES string of the molecule is Cc1cccc(OCCCCn2c(CCCNC(=O)c3ccc(C)cc3C)nc3ccccc32)c1. The molecule has 1 N–H and O–H groups in total. The molecule has 1 heterocycles. The molecule has 0 atom stereocenters. The molecule has 0 saturated heterocycles. The molecule has 3 aromatic carbocycles. The van der Waals surface area contributed by atoms with Crippen molar-refractivity contribution in [2.75, 3.05) is 13.2 Å². The molecule has 0 fully saturated rings. The van der Waals surface area contributed by atoms with Crippen LogP contribution in [0.4, 0.5) is 0 Å². The van der Waals surface area contributed by atoms with Gasteiger partial charge in [0.2, 0.25) is 0 Å². The van der Waals surface area contributed by atoms with Crippen molar-refractivity contribution in [2.24, 2.45) is 0 Å². The van der Waals surface area contributed by atoms with Crippen LogP contribution in [0.15, 0.2) is 66.7 Å². The third-order valence-electron chi connectivity index (χ3n) is 6.26. The van der Waals surface area contributed by atoms with Gasteiger partial charge in [0.1, 0.15) is 11.6 Å². The van der Waals surface area contributed by atoms with Gasteiger partial charge in [0.25, 0.3) is 5.91 Å². The molecule has 35 heavy (non-hydrogen) atoms. The average molecular weight is 470 g/mol. The van der Waals surface area contributed by atoms with Gasteiger partial charge in [-0.25, -0.2) is 4.98 Å². The summed E-state index contributed by atoms with van der Waals surface area (Å²) in [6, 6.07) is 22.4. The van der Waals surface area contributed by atoms with E-state index in [9.17, 15) is 4.79 Å². The highest BCUT2D eigenvalue weighted by Gasteiger charge is 2.12.